The fourth-order valence-corrected chi connectivity index (χ4v) is 13.0. The zero-order valence-corrected chi connectivity index (χ0v) is 39.5. The molecule has 0 unspecified atom stereocenters. The molecule has 5 nitrogen and oxygen atoms in total. The first kappa shape index (κ1) is 40.7. The summed E-state index contributed by atoms with van der Waals surface area (Å²) in [7, 11) is 0. The molecule has 0 radical (unpaired) electrons. The van der Waals surface area contributed by atoms with Crippen molar-refractivity contribution in [2.24, 2.45) is 15.7 Å². The summed E-state index contributed by atoms with van der Waals surface area (Å²) in [5.74, 6) is 0.930. The molecule has 9 aromatic carbocycles. The summed E-state index contributed by atoms with van der Waals surface area (Å²) < 4.78 is 14.1. The van der Waals surface area contributed by atoms with Crippen molar-refractivity contribution in [1.29, 1.82) is 0 Å². The van der Waals surface area contributed by atoms with Crippen molar-refractivity contribution in [2.45, 2.75) is 19.4 Å². The van der Waals surface area contributed by atoms with Crippen molar-refractivity contribution in [2.75, 3.05) is 0 Å². The van der Waals surface area contributed by atoms with Crippen LogP contribution in [0.5, 0.6) is 0 Å². The zero-order chi connectivity index (χ0) is 46.3. The van der Waals surface area contributed by atoms with E-state index in [0.717, 1.165) is 62.7 Å². The average Bonchev–Trinajstić information content (AvgIpc) is 4.18. The number of aryl methyl sites for hydroxylation is 1. The maximum absolute atomic E-state index is 7.25. The van der Waals surface area contributed by atoms with Crippen LogP contribution in [0.3, 0.4) is 0 Å². The second-order valence-electron chi connectivity index (χ2n) is 18.1. The van der Waals surface area contributed by atoms with Crippen LogP contribution in [0.2, 0.25) is 0 Å². The van der Waals surface area contributed by atoms with Crippen molar-refractivity contribution in [3.05, 3.63) is 228 Å². The van der Waals surface area contributed by atoms with E-state index >= 15 is 0 Å². The third-order valence-electron chi connectivity index (χ3n) is 14.0. The van der Waals surface area contributed by atoms with E-state index in [0.29, 0.717) is 18.2 Å². The molecule has 13 aromatic rings. The number of aromatic nitrogens is 1. The number of fused-ring (bicyclic) bond motifs is 12. The first-order chi connectivity index (χ1) is 34.6. The van der Waals surface area contributed by atoms with Crippen LogP contribution in [0, 0.1) is 0 Å². The minimum absolute atomic E-state index is 0.368. The van der Waals surface area contributed by atoms with Crippen LogP contribution in [-0.2, 0) is 13.0 Å². The molecule has 0 atom stereocenters. The van der Waals surface area contributed by atoms with Gasteiger partial charge in [0, 0.05) is 79.0 Å². The summed E-state index contributed by atoms with van der Waals surface area (Å²) in [5, 5.41) is 8.31. The summed E-state index contributed by atoms with van der Waals surface area (Å²) in [6.45, 7) is 0.451. The number of nitrogens with two attached hydrogens (primary N) is 1. The Bertz CT molecular complexity index is 4350. The van der Waals surface area contributed by atoms with Crippen molar-refractivity contribution in [3.8, 4) is 27.9 Å². The SMILES string of the molecule is NC(=NC(=NCc1ccccc1)c1cccc(-n2c3c(c4ccccc42)CCC=C3)c1)c1cccc2oc3ccc(-c4cc(-c5ccc6c(c5)sc5ccccc56)cc5sc6ccccc6c45)cc3c12. The number of para-hydroxylation sites is 1. The van der Waals surface area contributed by atoms with Crippen molar-refractivity contribution in [1.82, 2.24) is 4.57 Å². The lowest BCUT2D eigenvalue weighted by molar-refractivity contribution is 0.669. The summed E-state index contributed by atoms with van der Waals surface area (Å²) in [5.41, 5.74) is 21.1. The van der Waals surface area contributed by atoms with Gasteiger partial charge in [0.25, 0.3) is 0 Å². The van der Waals surface area contributed by atoms with Crippen LogP contribution in [0.1, 0.15) is 34.4 Å². The van der Waals surface area contributed by atoms with E-state index in [1.807, 2.05) is 59.1 Å². The molecule has 0 amide bonds. The Morgan fingerprint density at radius 1 is 0.557 bits per heavy atom. The Morgan fingerprint density at radius 3 is 2.20 bits per heavy atom. The van der Waals surface area contributed by atoms with E-state index in [1.165, 1.54) is 79.2 Å². The van der Waals surface area contributed by atoms with Gasteiger partial charge >= 0.3 is 0 Å². The molecule has 2 N–H and O–H groups in total. The molecule has 1 aliphatic carbocycles. The second kappa shape index (κ2) is 16.4. The van der Waals surface area contributed by atoms with Gasteiger partial charge in [-0.2, -0.15) is 0 Å². The molecule has 332 valence electrons. The molecule has 70 heavy (non-hydrogen) atoms. The smallest absolute Gasteiger partial charge is 0.157 e. The summed E-state index contributed by atoms with van der Waals surface area (Å²) in [6, 6.07) is 69.3. The molecule has 0 saturated carbocycles. The van der Waals surface area contributed by atoms with Gasteiger partial charge in [-0.1, -0.05) is 133 Å². The fraction of sp³-hybridized carbons (Fsp3) is 0.0476. The Hall–Kier alpha value is -8.36. The summed E-state index contributed by atoms with van der Waals surface area (Å²) in [6.07, 6.45) is 6.60. The molecular weight excluding hydrogens is 893 g/mol. The number of rotatable bonds is 7. The molecule has 4 aromatic heterocycles. The third kappa shape index (κ3) is 6.72. The number of amidine groups is 2. The molecule has 14 rings (SSSR count). The van der Waals surface area contributed by atoms with Gasteiger partial charge in [-0.05, 0) is 119 Å². The molecule has 4 heterocycles. The third-order valence-corrected chi connectivity index (χ3v) is 16.2. The molecule has 0 aliphatic heterocycles. The number of nitrogens with zero attached hydrogens (tertiary/aromatic N) is 3. The maximum Gasteiger partial charge on any atom is 0.157 e. The molecule has 0 spiro atoms. The second-order valence-corrected chi connectivity index (χ2v) is 20.3. The summed E-state index contributed by atoms with van der Waals surface area (Å²) >= 11 is 3.71. The van der Waals surface area contributed by atoms with E-state index in [9.17, 15) is 0 Å². The van der Waals surface area contributed by atoms with E-state index in [-0.39, 0.29) is 0 Å². The van der Waals surface area contributed by atoms with Crippen molar-refractivity contribution >= 4 is 114 Å². The number of benzene rings is 9. The van der Waals surface area contributed by atoms with Gasteiger partial charge in [-0.3, -0.25) is 4.99 Å². The number of aliphatic imine (C=N–C) groups is 2. The van der Waals surface area contributed by atoms with Crippen LogP contribution in [-0.4, -0.2) is 16.2 Å². The van der Waals surface area contributed by atoms with Crippen molar-refractivity contribution in [3.63, 3.8) is 0 Å². The molecule has 7 heteroatoms. The minimum Gasteiger partial charge on any atom is -0.456 e. The molecular formula is C63H42N4OS2. The van der Waals surface area contributed by atoms with Crippen LogP contribution in [0.4, 0.5) is 0 Å². The molecule has 0 saturated heterocycles. The fourth-order valence-electron chi connectivity index (χ4n) is 10.7. The number of hydrogen-bond donors (Lipinski definition) is 1. The Labute approximate surface area is 411 Å². The van der Waals surface area contributed by atoms with Gasteiger partial charge in [0.1, 0.15) is 17.0 Å². The lowest BCUT2D eigenvalue weighted by Crippen LogP contribution is -2.17. The predicted octanol–water partition coefficient (Wildman–Crippen LogP) is 16.9. The van der Waals surface area contributed by atoms with Gasteiger partial charge in [0.15, 0.2) is 5.84 Å². The average molecular weight is 935 g/mol. The normalized spacial score (nSPS) is 13.3. The quantitative estimate of drug-likeness (QED) is 0.128. The predicted molar refractivity (Wildman–Crippen MR) is 298 cm³/mol. The highest BCUT2D eigenvalue weighted by molar-refractivity contribution is 7.26. The van der Waals surface area contributed by atoms with Gasteiger partial charge in [-0.15, -0.1) is 22.7 Å². The van der Waals surface area contributed by atoms with Crippen LogP contribution >= 0.6 is 22.7 Å². The first-order valence-corrected chi connectivity index (χ1v) is 25.4. The maximum atomic E-state index is 7.25. The number of hydrogen-bond acceptors (Lipinski definition) is 4. The Morgan fingerprint density at radius 2 is 1.30 bits per heavy atom. The van der Waals surface area contributed by atoms with Crippen LogP contribution in [0.15, 0.2) is 215 Å². The lowest BCUT2D eigenvalue weighted by Gasteiger charge is -2.14. The van der Waals surface area contributed by atoms with Crippen LogP contribution < -0.4 is 5.73 Å². The lowest BCUT2D eigenvalue weighted by atomic mass is 9.93. The van der Waals surface area contributed by atoms with Gasteiger partial charge in [0.05, 0.1) is 12.1 Å². The molecule has 0 bridgehead atoms. The molecule has 1 aliphatic rings. The highest BCUT2D eigenvalue weighted by Gasteiger charge is 2.21. The molecule has 0 fully saturated rings. The minimum atomic E-state index is 0.368. The van der Waals surface area contributed by atoms with Crippen LogP contribution in [0.25, 0.3) is 107 Å². The number of allylic oxidation sites excluding steroid dienone is 1. The summed E-state index contributed by atoms with van der Waals surface area (Å²) in [4.78, 5) is 10.5. The van der Waals surface area contributed by atoms with Gasteiger partial charge in [0.2, 0.25) is 0 Å². The van der Waals surface area contributed by atoms with Crippen molar-refractivity contribution < 1.29 is 4.42 Å². The van der Waals surface area contributed by atoms with Gasteiger partial charge in [-0.25, -0.2) is 4.99 Å². The Balaban J connectivity index is 0.915. The topological polar surface area (TPSA) is 68.8 Å². The largest absolute Gasteiger partial charge is 0.456 e. The Kier molecular flexibility index (Phi) is 9.54. The standard InChI is InChI=1S/C63H42N4OS2/c64-62(66-63(65-37-38-14-2-1-3-15-38)41-16-12-17-43(32-41)67-52-23-8-4-18-44(52)45-19-5-9-24-53(45)67)49-22-13-25-55-60(49)51-33-40(29-31-54(51)68-55)50-34-42(36-59-61(50)48-21-7-11-27-57(48)70-59)39-28-30-47-46-20-6-10-26-56(46)69-58(47)35-39/h1-4,6-18,20-36H,5,19,37H2,(H2,64,65,66). The van der Waals surface area contributed by atoms with E-state index in [4.69, 9.17) is 20.1 Å². The monoisotopic (exact) mass is 934 g/mol. The van der Waals surface area contributed by atoms with Gasteiger partial charge < -0.3 is 14.7 Å². The van der Waals surface area contributed by atoms with E-state index in [1.54, 1.807) is 0 Å². The highest BCUT2D eigenvalue weighted by atomic mass is 32.1. The van der Waals surface area contributed by atoms with E-state index in [2.05, 4.69) is 174 Å². The number of furan rings is 1. The highest BCUT2D eigenvalue weighted by Crippen LogP contribution is 2.45. The first-order valence-electron chi connectivity index (χ1n) is 23.7. The zero-order valence-electron chi connectivity index (χ0n) is 37.9. The van der Waals surface area contributed by atoms with E-state index < -0.39 is 0 Å². The number of thiophene rings is 2.